The first-order chi connectivity index (χ1) is 10.9. The molecule has 0 unspecified atom stereocenters. The minimum Gasteiger partial charge on any atom is -0.361 e. The normalized spacial score (nSPS) is 16.8. The van der Waals surface area contributed by atoms with Crippen LogP contribution in [0.25, 0.3) is 11.5 Å². The molecule has 1 saturated heterocycles. The van der Waals surface area contributed by atoms with Gasteiger partial charge in [-0.2, -0.15) is 9.29 Å². The van der Waals surface area contributed by atoms with Gasteiger partial charge in [-0.15, -0.1) is 0 Å². The molecule has 7 nitrogen and oxygen atoms in total. The molecule has 2 aromatic rings. The first-order valence-electron chi connectivity index (χ1n) is 7.97. The van der Waals surface area contributed by atoms with Gasteiger partial charge in [0.2, 0.25) is 10.0 Å². The average molecular weight is 338 g/mol. The van der Waals surface area contributed by atoms with E-state index >= 15 is 0 Å². The van der Waals surface area contributed by atoms with Crippen molar-refractivity contribution in [3.63, 3.8) is 0 Å². The van der Waals surface area contributed by atoms with Crippen LogP contribution in [0.4, 0.5) is 0 Å². The minimum absolute atomic E-state index is 0.263. The maximum Gasteiger partial charge on any atom is 0.261 e. The van der Waals surface area contributed by atoms with Crippen LogP contribution in [0.15, 0.2) is 9.42 Å². The van der Waals surface area contributed by atoms with E-state index in [1.807, 2.05) is 13.8 Å². The molecule has 2 aromatic heterocycles. The quantitative estimate of drug-likeness (QED) is 0.924. The zero-order chi connectivity index (χ0) is 16.6. The SMILES string of the molecule is CCc1noc(-c2c(C)[nH]c(C)c2S(=O)(=O)N2CCCCC2)n1. The lowest BCUT2D eigenvalue weighted by molar-refractivity contribution is 0.346. The molecule has 3 heterocycles. The molecular formula is C15H22N4O3S. The van der Waals surface area contributed by atoms with E-state index in [0.717, 1.165) is 25.0 Å². The first kappa shape index (κ1) is 16.2. The highest BCUT2D eigenvalue weighted by molar-refractivity contribution is 7.89. The number of piperidine rings is 1. The van der Waals surface area contributed by atoms with Crippen molar-refractivity contribution in [1.82, 2.24) is 19.4 Å². The third kappa shape index (κ3) is 2.81. The van der Waals surface area contributed by atoms with Crippen LogP contribution in [-0.4, -0.2) is 40.9 Å². The van der Waals surface area contributed by atoms with Gasteiger partial charge in [-0.1, -0.05) is 18.5 Å². The largest absolute Gasteiger partial charge is 0.361 e. The summed E-state index contributed by atoms with van der Waals surface area (Å²) in [7, 11) is -3.57. The molecule has 8 heteroatoms. The summed E-state index contributed by atoms with van der Waals surface area (Å²) >= 11 is 0. The summed E-state index contributed by atoms with van der Waals surface area (Å²) in [5, 5.41) is 3.89. The molecule has 0 atom stereocenters. The molecule has 0 saturated carbocycles. The fourth-order valence-electron chi connectivity index (χ4n) is 3.07. The van der Waals surface area contributed by atoms with E-state index in [1.54, 1.807) is 11.2 Å². The fourth-order valence-corrected chi connectivity index (χ4v) is 5.01. The van der Waals surface area contributed by atoms with Gasteiger partial charge < -0.3 is 9.51 Å². The number of hydrogen-bond acceptors (Lipinski definition) is 5. The van der Waals surface area contributed by atoms with E-state index in [-0.39, 0.29) is 10.8 Å². The number of aromatic amines is 1. The molecule has 1 aliphatic heterocycles. The van der Waals surface area contributed by atoms with E-state index in [0.29, 0.717) is 36.6 Å². The first-order valence-corrected chi connectivity index (χ1v) is 9.41. The molecule has 0 amide bonds. The molecule has 126 valence electrons. The number of hydrogen-bond donors (Lipinski definition) is 1. The highest BCUT2D eigenvalue weighted by atomic mass is 32.2. The molecular weight excluding hydrogens is 316 g/mol. The Hall–Kier alpha value is -1.67. The van der Waals surface area contributed by atoms with E-state index in [4.69, 9.17) is 4.52 Å². The van der Waals surface area contributed by atoms with E-state index in [9.17, 15) is 8.42 Å². The minimum atomic E-state index is -3.57. The summed E-state index contributed by atoms with van der Waals surface area (Å²) in [6.07, 6.45) is 3.52. The number of nitrogens with one attached hydrogen (secondary N) is 1. The molecule has 0 spiro atoms. The van der Waals surface area contributed by atoms with Crippen LogP contribution in [0.5, 0.6) is 0 Å². The Labute approximate surface area is 136 Å². The second-order valence-electron chi connectivity index (χ2n) is 5.91. The van der Waals surface area contributed by atoms with Gasteiger partial charge in [0.05, 0.1) is 5.56 Å². The van der Waals surface area contributed by atoms with Crippen molar-refractivity contribution < 1.29 is 12.9 Å². The van der Waals surface area contributed by atoms with Gasteiger partial charge in [-0.05, 0) is 26.7 Å². The zero-order valence-electron chi connectivity index (χ0n) is 13.7. The van der Waals surface area contributed by atoms with Crippen molar-refractivity contribution in [2.45, 2.75) is 51.3 Å². The number of aromatic nitrogens is 3. The van der Waals surface area contributed by atoms with E-state index < -0.39 is 10.0 Å². The van der Waals surface area contributed by atoms with E-state index in [1.165, 1.54) is 0 Å². The topological polar surface area (TPSA) is 92.1 Å². The van der Waals surface area contributed by atoms with Gasteiger partial charge in [-0.3, -0.25) is 0 Å². The number of aryl methyl sites for hydroxylation is 3. The summed E-state index contributed by atoms with van der Waals surface area (Å²) < 4.78 is 33.1. The van der Waals surface area contributed by atoms with Crippen molar-refractivity contribution in [3.8, 4) is 11.5 Å². The van der Waals surface area contributed by atoms with E-state index in [2.05, 4.69) is 15.1 Å². The lowest BCUT2D eigenvalue weighted by Gasteiger charge is -2.26. The second-order valence-corrected chi connectivity index (χ2v) is 7.79. The lowest BCUT2D eigenvalue weighted by atomic mass is 10.2. The Balaban J connectivity index is 2.12. The number of rotatable bonds is 4. The summed E-state index contributed by atoms with van der Waals surface area (Å²) in [4.78, 5) is 7.69. The fraction of sp³-hybridized carbons (Fsp3) is 0.600. The monoisotopic (exact) mass is 338 g/mol. The molecule has 1 aliphatic rings. The molecule has 0 aliphatic carbocycles. The zero-order valence-corrected chi connectivity index (χ0v) is 14.5. The Morgan fingerprint density at radius 1 is 1.17 bits per heavy atom. The Morgan fingerprint density at radius 2 is 1.87 bits per heavy atom. The van der Waals surface area contributed by atoms with Crippen LogP contribution in [0, 0.1) is 13.8 Å². The Bertz CT molecular complexity index is 801. The molecule has 0 radical (unpaired) electrons. The van der Waals surface area contributed by atoms with Crippen LogP contribution in [0.1, 0.15) is 43.4 Å². The highest BCUT2D eigenvalue weighted by Crippen LogP contribution is 2.35. The Kier molecular flexibility index (Phi) is 4.29. The maximum absolute atomic E-state index is 13.1. The lowest BCUT2D eigenvalue weighted by Crippen LogP contribution is -2.36. The van der Waals surface area contributed by atoms with Crippen molar-refractivity contribution in [2.75, 3.05) is 13.1 Å². The van der Waals surface area contributed by atoms with Crippen LogP contribution < -0.4 is 0 Å². The van der Waals surface area contributed by atoms with Gasteiger partial charge in [0.1, 0.15) is 4.90 Å². The van der Waals surface area contributed by atoms with Crippen LogP contribution >= 0.6 is 0 Å². The number of nitrogens with zero attached hydrogens (tertiary/aromatic N) is 3. The Morgan fingerprint density at radius 3 is 2.48 bits per heavy atom. The molecule has 3 rings (SSSR count). The summed E-state index contributed by atoms with van der Waals surface area (Å²) in [5.74, 6) is 0.832. The summed E-state index contributed by atoms with van der Waals surface area (Å²) in [5.41, 5.74) is 1.84. The van der Waals surface area contributed by atoms with Crippen LogP contribution in [0.2, 0.25) is 0 Å². The van der Waals surface area contributed by atoms with Gasteiger partial charge in [0, 0.05) is 30.9 Å². The smallest absolute Gasteiger partial charge is 0.261 e. The number of sulfonamides is 1. The second kappa shape index (κ2) is 6.09. The van der Waals surface area contributed by atoms with Gasteiger partial charge >= 0.3 is 0 Å². The number of H-pyrrole nitrogens is 1. The van der Waals surface area contributed by atoms with Crippen LogP contribution in [-0.2, 0) is 16.4 Å². The van der Waals surface area contributed by atoms with Gasteiger partial charge in [0.25, 0.3) is 5.89 Å². The van der Waals surface area contributed by atoms with Crippen LogP contribution in [0.3, 0.4) is 0 Å². The molecule has 1 N–H and O–H groups in total. The highest BCUT2D eigenvalue weighted by Gasteiger charge is 2.34. The summed E-state index contributed by atoms with van der Waals surface area (Å²) in [6, 6.07) is 0. The van der Waals surface area contributed by atoms with Crippen molar-refractivity contribution in [1.29, 1.82) is 0 Å². The molecule has 0 aromatic carbocycles. The van der Waals surface area contributed by atoms with Crippen molar-refractivity contribution in [3.05, 3.63) is 17.2 Å². The third-order valence-corrected chi connectivity index (χ3v) is 6.30. The molecule has 0 bridgehead atoms. The van der Waals surface area contributed by atoms with Gasteiger partial charge in [-0.25, -0.2) is 8.42 Å². The molecule has 23 heavy (non-hydrogen) atoms. The molecule has 1 fully saturated rings. The van der Waals surface area contributed by atoms with Gasteiger partial charge in [0.15, 0.2) is 5.82 Å². The predicted octanol–water partition coefficient (Wildman–Crippen LogP) is 2.42. The standard InChI is InChI=1S/C15H22N4O3S/c1-4-12-17-15(22-18-12)13-10(2)16-11(3)14(13)23(20,21)19-8-6-5-7-9-19/h16H,4-9H2,1-3H3. The maximum atomic E-state index is 13.1. The third-order valence-electron chi connectivity index (χ3n) is 4.23. The predicted molar refractivity (Wildman–Crippen MR) is 85.5 cm³/mol. The average Bonchev–Trinajstić information content (AvgIpc) is 3.12. The van der Waals surface area contributed by atoms with Crippen molar-refractivity contribution >= 4 is 10.0 Å². The van der Waals surface area contributed by atoms with Crippen molar-refractivity contribution in [2.24, 2.45) is 0 Å². The summed E-state index contributed by atoms with van der Waals surface area (Å²) in [6.45, 7) is 6.65.